The second kappa shape index (κ2) is 7.08. The molecule has 0 radical (unpaired) electrons. The van der Waals surface area contributed by atoms with Gasteiger partial charge in [0.25, 0.3) is 0 Å². The maximum atomic E-state index is 12.3. The van der Waals surface area contributed by atoms with Crippen molar-refractivity contribution in [2.24, 2.45) is 0 Å². The van der Waals surface area contributed by atoms with E-state index in [1.807, 2.05) is 32.9 Å². The zero-order chi connectivity index (χ0) is 17.9. The smallest absolute Gasteiger partial charge is 0.343 e. The molecule has 0 atom stereocenters. The average molecular weight is 326 g/mol. The largest absolute Gasteiger partial charge is 0.491 e. The Kier molecular flexibility index (Phi) is 5.33. The second-order valence-electron chi connectivity index (χ2n) is 7.31. The van der Waals surface area contributed by atoms with E-state index in [1.54, 1.807) is 24.3 Å². The summed E-state index contributed by atoms with van der Waals surface area (Å²) in [6.45, 7) is 12.4. The summed E-state index contributed by atoms with van der Waals surface area (Å²) in [5.74, 6) is 0.973. The van der Waals surface area contributed by atoms with Crippen molar-refractivity contribution in [3.05, 3.63) is 59.2 Å². The number of rotatable bonds is 4. The molecule has 0 unspecified atom stereocenters. The third-order valence-corrected chi connectivity index (χ3v) is 3.71. The van der Waals surface area contributed by atoms with E-state index < -0.39 is 0 Å². The summed E-state index contributed by atoms with van der Waals surface area (Å²) in [5.41, 5.74) is 2.75. The lowest BCUT2D eigenvalue weighted by atomic mass is 9.86. The van der Waals surface area contributed by atoms with Gasteiger partial charge in [-0.15, -0.1) is 0 Å². The van der Waals surface area contributed by atoms with Gasteiger partial charge in [0.1, 0.15) is 11.5 Å². The molecule has 0 aliphatic rings. The van der Waals surface area contributed by atoms with Crippen molar-refractivity contribution in [1.29, 1.82) is 0 Å². The van der Waals surface area contributed by atoms with Gasteiger partial charge in [-0.3, -0.25) is 0 Å². The maximum absolute atomic E-state index is 12.3. The lowest BCUT2D eigenvalue weighted by molar-refractivity contribution is 0.0733. The zero-order valence-corrected chi connectivity index (χ0v) is 15.3. The van der Waals surface area contributed by atoms with E-state index in [0.717, 1.165) is 11.3 Å². The number of hydrogen-bond donors (Lipinski definition) is 0. The van der Waals surface area contributed by atoms with Crippen LogP contribution in [0.4, 0.5) is 0 Å². The molecule has 0 N–H and O–H groups in total. The number of carbonyl (C=O) groups excluding carboxylic acids is 1. The first kappa shape index (κ1) is 18.1. The molecule has 0 heterocycles. The van der Waals surface area contributed by atoms with Crippen molar-refractivity contribution >= 4 is 5.97 Å². The van der Waals surface area contributed by atoms with Crippen LogP contribution < -0.4 is 9.47 Å². The topological polar surface area (TPSA) is 35.5 Å². The van der Waals surface area contributed by atoms with E-state index >= 15 is 0 Å². The zero-order valence-electron chi connectivity index (χ0n) is 15.3. The van der Waals surface area contributed by atoms with Gasteiger partial charge in [-0.2, -0.15) is 0 Å². The monoisotopic (exact) mass is 326 g/mol. The predicted octanol–water partition coefficient (Wildman–Crippen LogP) is 5.30. The molecule has 0 bridgehead atoms. The molecule has 2 rings (SSSR count). The normalized spacial score (nSPS) is 11.5. The Labute approximate surface area is 144 Å². The minimum atomic E-state index is -0.363. The Balaban J connectivity index is 2.12. The first-order valence-corrected chi connectivity index (χ1v) is 8.27. The minimum absolute atomic E-state index is 0.0690. The highest BCUT2D eigenvalue weighted by molar-refractivity contribution is 5.91. The summed E-state index contributed by atoms with van der Waals surface area (Å²) in [7, 11) is 0. The Morgan fingerprint density at radius 3 is 2.12 bits per heavy atom. The SMILES string of the molecule is Cc1cc(C(C)(C)C)ccc1OC(=O)c1ccc(OC(C)C)cc1. The first-order valence-electron chi connectivity index (χ1n) is 8.27. The average Bonchev–Trinajstić information content (AvgIpc) is 2.48. The summed E-state index contributed by atoms with van der Waals surface area (Å²) >= 11 is 0. The molecule has 0 amide bonds. The summed E-state index contributed by atoms with van der Waals surface area (Å²) in [4.78, 5) is 12.3. The van der Waals surface area contributed by atoms with Gasteiger partial charge in [-0.05, 0) is 67.6 Å². The highest BCUT2D eigenvalue weighted by atomic mass is 16.5. The molecule has 0 spiro atoms. The fourth-order valence-electron chi connectivity index (χ4n) is 2.33. The third-order valence-electron chi connectivity index (χ3n) is 3.71. The summed E-state index contributed by atoms with van der Waals surface area (Å²) in [6.07, 6.45) is 0.104. The number of hydrogen-bond acceptors (Lipinski definition) is 3. The van der Waals surface area contributed by atoms with Gasteiger partial charge in [-0.1, -0.05) is 32.9 Å². The van der Waals surface area contributed by atoms with E-state index in [-0.39, 0.29) is 17.5 Å². The molecule has 2 aromatic rings. The van der Waals surface area contributed by atoms with Gasteiger partial charge in [0, 0.05) is 0 Å². The number of benzene rings is 2. The minimum Gasteiger partial charge on any atom is -0.491 e. The molecule has 3 heteroatoms. The van der Waals surface area contributed by atoms with E-state index in [1.165, 1.54) is 5.56 Å². The van der Waals surface area contributed by atoms with Crippen LogP contribution in [-0.4, -0.2) is 12.1 Å². The number of carbonyl (C=O) groups is 1. The van der Waals surface area contributed by atoms with Crippen molar-refractivity contribution < 1.29 is 14.3 Å². The first-order chi connectivity index (χ1) is 11.2. The molecule has 0 aromatic heterocycles. The van der Waals surface area contributed by atoms with E-state index in [2.05, 4.69) is 26.8 Å². The van der Waals surface area contributed by atoms with Gasteiger partial charge in [0.05, 0.1) is 11.7 Å². The second-order valence-corrected chi connectivity index (χ2v) is 7.31. The number of ether oxygens (including phenoxy) is 2. The Bertz CT molecular complexity index is 707. The Hall–Kier alpha value is -2.29. The van der Waals surface area contributed by atoms with E-state index in [4.69, 9.17) is 9.47 Å². The number of aryl methyl sites for hydroxylation is 1. The lowest BCUT2D eigenvalue weighted by Crippen LogP contribution is -2.13. The highest BCUT2D eigenvalue weighted by Crippen LogP contribution is 2.28. The van der Waals surface area contributed by atoms with Crippen LogP contribution in [0.15, 0.2) is 42.5 Å². The van der Waals surface area contributed by atoms with Gasteiger partial charge in [-0.25, -0.2) is 4.79 Å². The molecule has 3 nitrogen and oxygen atoms in total. The van der Waals surface area contributed by atoms with Gasteiger partial charge < -0.3 is 9.47 Å². The van der Waals surface area contributed by atoms with Crippen LogP contribution in [0.3, 0.4) is 0 Å². The van der Waals surface area contributed by atoms with E-state index in [0.29, 0.717) is 11.3 Å². The van der Waals surface area contributed by atoms with Gasteiger partial charge in [0.15, 0.2) is 0 Å². The molecule has 2 aromatic carbocycles. The van der Waals surface area contributed by atoms with Crippen molar-refractivity contribution in [2.75, 3.05) is 0 Å². The van der Waals surface area contributed by atoms with Crippen LogP contribution in [-0.2, 0) is 5.41 Å². The van der Waals surface area contributed by atoms with E-state index in [9.17, 15) is 4.79 Å². The summed E-state index contributed by atoms with van der Waals surface area (Å²) < 4.78 is 11.1. The maximum Gasteiger partial charge on any atom is 0.343 e. The standard InChI is InChI=1S/C21H26O3/c1-14(2)23-18-10-7-16(8-11-18)20(22)24-19-12-9-17(13-15(19)3)21(4,5)6/h7-14H,1-6H3. The molecule has 0 saturated carbocycles. The molecule has 24 heavy (non-hydrogen) atoms. The molecule has 0 saturated heterocycles. The van der Waals surface area contributed by atoms with Crippen molar-refractivity contribution in [3.8, 4) is 11.5 Å². The molecule has 0 fully saturated rings. The van der Waals surface area contributed by atoms with Crippen LogP contribution in [0, 0.1) is 6.92 Å². The quantitative estimate of drug-likeness (QED) is 0.565. The highest BCUT2D eigenvalue weighted by Gasteiger charge is 2.16. The van der Waals surface area contributed by atoms with Crippen LogP contribution in [0.1, 0.15) is 56.1 Å². The van der Waals surface area contributed by atoms with Crippen molar-refractivity contribution in [1.82, 2.24) is 0 Å². The molecule has 0 aliphatic carbocycles. The summed E-state index contributed by atoms with van der Waals surface area (Å²) in [5, 5.41) is 0. The van der Waals surface area contributed by atoms with Crippen LogP contribution in [0.25, 0.3) is 0 Å². The van der Waals surface area contributed by atoms with Crippen molar-refractivity contribution in [3.63, 3.8) is 0 Å². The fraction of sp³-hybridized carbons (Fsp3) is 0.381. The molecule has 128 valence electrons. The lowest BCUT2D eigenvalue weighted by Gasteiger charge is -2.20. The fourth-order valence-corrected chi connectivity index (χ4v) is 2.33. The van der Waals surface area contributed by atoms with Crippen LogP contribution >= 0.6 is 0 Å². The molecular weight excluding hydrogens is 300 g/mol. The molecular formula is C21H26O3. The molecule has 0 aliphatic heterocycles. The van der Waals surface area contributed by atoms with Gasteiger partial charge in [0.2, 0.25) is 0 Å². The van der Waals surface area contributed by atoms with Crippen LogP contribution in [0.2, 0.25) is 0 Å². The number of esters is 1. The third kappa shape index (κ3) is 4.60. The predicted molar refractivity (Wildman–Crippen MR) is 97.0 cm³/mol. The Morgan fingerprint density at radius 2 is 1.62 bits per heavy atom. The van der Waals surface area contributed by atoms with Gasteiger partial charge >= 0.3 is 5.97 Å². The summed E-state index contributed by atoms with van der Waals surface area (Å²) in [6, 6.07) is 13.0. The van der Waals surface area contributed by atoms with Crippen LogP contribution in [0.5, 0.6) is 11.5 Å². The Morgan fingerprint density at radius 1 is 1.00 bits per heavy atom. The van der Waals surface area contributed by atoms with Crippen molar-refractivity contribution in [2.45, 2.75) is 53.1 Å².